The number of rotatable bonds is 7. The maximum absolute atomic E-state index is 11.4. The van der Waals surface area contributed by atoms with Gasteiger partial charge in [-0.15, -0.1) is 0 Å². The topological polar surface area (TPSA) is 50.2 Å². The van der Waals surface area contributed by atoms with E-state index in [1.165, 1.54) is 75.7 Å². The van der Waals surface area contributed by atoms with Gasteiger partial charge in [-0.2, -0.15) is 0 Å². The summed E-state index contributed by atoms with van der Waals surface area (Å²) in [6, 6.07) is 1.82. The first-order valence-electron chi connectivity index (χ1n) is 15.4. The summed E-state index contributed by atoms with van der Waals surface area (Å²) in [5.41, 5.74) is 1.51. The molecule has 5 heteroatoms. The van der Waals surface area contributed by atoms with Crippen LogP contribution in [0.2, 0.25) is 0 Å². The monoisotopic (exact) mass is 499 g/mol. The number of allylic oxidation sites excluding steroid dienone is 1. The summed E-state index contributed by atoms with van der Waals surface area (Å²) in [4.78, 5) is 7.82. The van der Waals surface area contributed by atoms with Crippen molar-refractivity contribution in [1.82, 2.24) is 14.7 Å². The molecule has 3 aliphatic carbocycles. The highest BCUT2D eigenvalue weighted by Gasteiger charge is 2.54. The van der Waals surface area contributed by atoms with Crippen molar-refractivity contribution < 1.29 is 10.2 Å². The van der Waals surface area contributed by atoms with Crippen LogP contribution in [0.25, 0.3) is 0 Å². The Morgan fingerprint density at radius 1 is 0.750 bits per heavy atom. The summed E-state index contributed by atoms with van der Waals surface area (Å²) in [7, 11) is 0. The molecule has 6 atom stereocenters. The molecule has 3 saturated carbocycles. The standard InChI is InChI=1S/C31H53N3O2/c1-6-9-18-34-24-15-11-10-14-23(24)31(4,5)27(34)19-21-29(35)22(30(21)36)20-28-32(7-2)25-16-12-13-17-26(25)33(28)8-3/h19-26,29-30,35-36H,6-18H2,1-5H3. The molecule has 2 saturated heterocycles. The average molecular weight is 500 g/mol. The van der Waals surface area contributed by atoms with E-state index in [4.69, 9.17) is 0 Å². The lowest BCUT2D eigenvalue weighted by Gasteiger charge is -2.45. The molecule has 2 aliphatic heterocycles. The van der Waals surface area contributed by atoms with Crippen molar-refractivity contribution in [3.05, 3.63) is 23.7 Å². The highest BCUT2D eigenvalue weighted by molar-refractivity contribution is 5.28. The summed E-state index contributed by atoms with van der Waals surface area (Å²) >= 11 is 0. The Bertz CT molecular complexity index is 806. The van der Waals surface area contributed by atoms with Gasteiger partial charge in [0.15, 0.2) is 0 Å². The van der Waals surface area contributed by atoms with Gasteiger partial charge in [0, 0.05) is 48.6 Å². The molecule has 0 aromatic rings. The fourth-order valence-corrected chi connectivity index (χ4v) is 8.82. The third kappa shape index (κ3) is 4.21. The van der Waals surface area contributed by atoms with E-state index in [9.17, 15) is 10.2 Å². The molecular weight excluding hydrogens is 446 g/mol. The molecule has 36 heavy (non-hydrogen) atoms. The number of aliphatic hydroxyl groups excluding tert-OH is 2. The summed E-state index contributed by atoms with van der Waals surface area (Å²) in [5.74, 6) is 1.61. The Morgan fingerprint density at radius 2 is 1.28 bits per heavy atom. The quantitative estimate of drug-likeness (QED) is 0.495. The Hall–Kier alpha value is -1.20. The van der Waals surface area contributed by atoms with Gasteiger partial charge in [0.2, 0.25) is 0 Å². The molecule has 2 heterocycles. The molecule has 0 aromatic heterocycles. The number of fused-ring (bicyclic) bond motifs is 2. The Labute approximate surface area is 220 Å². The molecule has 0 spiro atoms. The van der Waals surface area contributed by atoms with E-state index < -0.39 is 12.2 Å². The zero-order chi connectivity index (χ0) is 25.6. The summed E-state index contributed by atoms with van der Waals surface area (Å²) in [6.45, 7) is 14.7. The summed E-state index contributed by atoms with van der Waals surface area (Å²) in [6.07, 6.45) is 16.4. The molecule has 0 bridgehead atoms. The van der Waals surface area contributed by atoms with E-state index in [1.54, 1.807) is 0 Å². The number of hydrogen-bond donors (Lipinski definition) is 2. The van der Waals surface area contributed by atoms with Crippen LogP contribution in [0.3, 0.4) is 0 Å². The van der Waals surface area contributed by atoms with E-state index in [0.29, 0.717) is 24.0 Å². The lowest BCUT2D eigenvalue weighted by molar-refractivity contribution is -0.112. The van der Waals surface area contributed by atoms with Crippen molar-refractivity contribution in [2.75, 3.05) is 19.6 Å². The van der Waals surface area contributed by atoms with Crippen LogP contribution in [0.4, 0.5) is 0 Å². The van der Waals surface area contributed by atoms with Crippen LogP contribution in [-0.2, 0) is 0 Å². The van der Waals surface area contributed by atoms with E-state index >= 15 is 0 Å². The molecular formula is C31H53N3O2. The second-order valence-electron chi connectivity index (χ2n) is 12.9. The van der Waals surface area contributed by atoms with Gasteiger partial charge in [0.05, 0.1) is 24.3 Å². The first-order chi connectivity index (χ1) is 17.3. The van der Waals surface area contributed by atoms with Crippen molar-refractivity contribution in [3.63, 3.8) is 0 Å². The zero-order valence-electron chi connectivity index (χ0n) is 23.7. The molecule has 5 aliphatic rings. The molecule has 5 nitrogen and oxygen atoms in total. The van der Waals surface area contributed by atoms with Crippen molar-refractivity contribution in [2.45, 2.75) is 129 Å². The smallest absolute Gasteiger partial charge is 0.101 e. The third-order valence-corrected chi connectivity index (χ3v) is 10.8. The van der Waals surface area contributed by atoms with Gasteiger partial charge in [0.1, 0.15) is 5.82 Å². The number of aliphatic hydroxyl groups is 2. The van der Waals surface area contributed by atoms with Crippen LogP contribution in [0.5, 0.6) is 0 Å². The van der Waals surface area contributed by atoms with Gasteiger partial charge in [-0.1, -0.05) is 59.0 Å². The fourth-order valence-electron chi connectivity index (χ4n) is 8.82. The van der Waals surface area contributed by atoms with Crippen LogP contribution in [0.1, 0.15) is 98.8 Å². The van der Waals surface area contributed by atoms with Gasteiger partial charge < -0.3 is 24.9 Å². The molecule has 2 N–H and O–H groups in total. The number of hydrogen-bond acceptors (Lipinski definition) is 5. The Balaban J connectivity index is 1.39. The predicted molar refractivity (Wildman–Crippen MR) is 147 cm³/mol. The van der Waals surface area contributed by atoms with Crippen LogP contribution >= 0.6 is 0 Å². The van der Waals surface area contributed by atoms with Gasteiger partial charge >= 0.3 is 0 Å². The van der Waals surface area contributed by atoms with Gasteiger partial charge in [-0.05, 0) is 57.9 Å². The van der Waals surface area contributed by atoms with Crippen LogP contribution in [0, 0.1) is 23.2 Å². The number of nitrogens with zero attached hydrogens (tertiary/aromatic N) is 3. The predicted octanol–water partition coefficient (Wildman–Crippen LogP) is 5.35. The molecule has 0 aromatic carbocycles. The lowest BCUT2D eigenvalue weighted by atomic mass is 9.66. The Kier molecular flexibility index (Phi) is 7.72. The number of likely N-dealkylation sites (tertiary alicyclic amines) is 1. The van der Waals surface area contributed by atoms with Crippen LogP contribution in [0.15, 0.2) is 23.7 Å². The summed E-state index contributed by atoms with van der Waals surface area (Å²) < 4.78 is 0. The minimum atomic E-state index is -0.508. The van der Waals surface area contributed by atoms with Crippen LogP contribution in [-0.4, -0.2) is 74.9 Å². The summed E-state index contributed by atoms with van der Waals surface area (Å²) in [5, 5.41) is 22.8. The van der Waals surface area contributed by atoms with E-state index in [1.807, 2.05) is 0 Å². The second kappa shape index (κ2) is 10.5. The normalized spacial score (nSPS) is 40.9. The SMILES string of the molecule is CCCCN1C(=CC2C(O)C(C=C3N(CC)C4CCCCC4N3CC)C2O)C(C)(C)C2CCCCC21. The highest BCUT2D eigenvalue weighted by Crippen LogP contribution is 2.55. The highest BCUT2D eigenvalue weighted by atomic mass is 16.3. The average Bonchev–Trinajstić information content (AvgIpc) is 3.31. The van der Waals surface area contributed by atoms with Crippen molar-refractivity contribution >= 4 is 0 Å². The maximum atomic E-state index is 11.4. The van der Waals surface area contributed by atoms with E-state index in [2.05, 4.69) is 61.5 Å². The van der Waals surface area contributed by atoms with Crippen molar-refractivity contribution in [3.8, 4) is 0 Å². The molecule has 204 valence electrons. The fraction of sp³-hybridized carbons (Fsp3) is 0.871. The lowest BCUT2D eigenvalue weighted by Crippen LogP contribution is -2.54. The second-order valence-corrected chi connectivity index (χ2v) is 12.9. The minimum Gasteiger partial charge on any atom is -0.392 e. The molecule has 5 fully saturated rings. The molecule has 5 rings (SSSR count). The maximum Gasteiger partial charge on any atom is 0.101 e. The van der Waals surface area contributed by atoms with E-state index in [-0.39, 0.29) is 17.3 Å². The van der Waals surface area contributed by atoms with Crippen LogP contribution < -0.4 is 0 Å². The van der Waals surface area contributed by atoms with Gasteiger partial charge in [-0.3, -0.25) is 0 Å². The van der Waals surface area contributed by atoms with Crippen molar-refractivity contribution in [1.29, 1.82) is 0 Å². The minimum absolute atomic E-state index is 0.112. The van der Waals surface area contributed by atoms with E-state index in [0.717, 1.165) is 19.6 Å². The van der Waals surface area contributed by atoms with Gasteiger partial charge in [-0.25, -0.2) is 0 Å². The molecule has 0 amide bonds. The largest absolute Gasteiger partial charge is 0.392 e. The number of unbranched alkanes of at least 4 members (excludes halogenated alkanes) is 1. The molecule has 0 radical (unpaired) electrons. The van der Waals surface area contributed by atoms with Gasteiger partial charge in [0.25, 0.3) is 0 Å². The zero-order valence-corrected chi connectivity index (χ0v) is 23.7. The first kappa shape index (κ1) is 26.4. The third-order valence-electron chi connectivity index (χ3n) is 10.8. The Morgan fingerprint density at radius 3 is 1.83 bits per heavy atom. The van der Waals surface area contributed by atoms with Crippen molar-refractivity contribution in [2.24, 2.45) is 23.2 Å². The first-order valence-corrected chi connectivity index (χ1v) is 15.4. The molecule has 6 unspecified atom stereocenters. The number of likely N-dealkylation sites (N-methyl/N-ethyl adjacent to an activating group) is 2.